The molecule has 28 heavy (non-hydrogen) atoms. The van der Waals surface area contributed by atoms with E-state index in [0.717, 1.165) is 16.8 Å². The number of aromatic nitrogens is 2. The molecule has 7 nitrogen and oxygen atoms in total. The van der Waals surface area contributed by atoms with Crippen molar-refractivity contribution in [2.75, 3.05) is 18.9 Å². The maximum atomic E-state index is 12.5. The van der Waals surface area contributed by atoms with Gasteiger partial charge in [-0.25, -0.2) is 4.98 Å². The SMILES string of the molecule is Cc1ccc(C)c(NC(=O)CN(C)C(=O)Cn2cnc3ccccc3c2=O)c1. The van der Waals surface area contributed by atoms with Gasteiger partial charge in [-0.2, -0.15) is 0 Å². The van der Waals surface area contributed by atoms with Gasteiger partial charge in [-0.15, -0.1) is 0 Å². The zero-order chi connectivity index (χ0) is 20.3. The first-order chi connectivity index (χ1) is 13.3. The number of nitrogens with zero attached hydrogens (tertiary/aromatic N) is 3. The highest BCUT2D eigenvalue weighted by Gasteiger charge is 2.15. The van der Waals surface area contributed by atoms with Gasteiger partial charge in [0, 0.05) is 12.7 Å². The number of hydrogen-bond acceptors (Lipinski definition) is 4. The Hall–Kier alpha value is -3.48. The summed E-state index contributed by atoms with van der Waals surface area (Å²) in [5.74, 6) is -0.649. The van der Waals surface area contributed by atoms with Crippen molar-refractivity contribution < 1.29 is 9.59 Å². The number of likely N-dealkylation sites (N-methyl/N-ethyl adjacent to an activating group) is 1. The molecule has 0 fully saturated rings. The number of carbonyl (C=O) groups is 2. The number of hydrogen-bond donors (Lipinski definition) is 1. The lowest BCUT2D eigenvalue weighted by Crippen LogP contribution is -2.38. The summed E-state index contributed by atoms with van der Waals surface area (Å²) < 4.78 is 1.25. The number of amides is 2. The second-order valence-corrected chi connectivity index (χ2v) is 6.81. The second-order valence-electron chi connectivity index (χ2n) is 6.81. The largest absolute Gasteiger partial charge is 0.335 e. The van der Waals surface area contributed by atoms with Gasteiger partial charge in [0.05, 0.1) is 23.8 Å². The Labute approximate surface area is 162 Å². The Morgan fingerprint density at radius 3 is 2.68 bits per heavy atom. The minimum atomic E-state index is -0.352. The van der Waals surface area contributed by atoms with E-state index in [0.29, 0.717) is 10.9 Å². The average Bonchev–Trinajstić information content (AvgIpc) is 2.67. The molecule has 3 aromatic rings. The summed E-state index contributed by atoms with van der Waals surface area (Å²) in [4.78, 5) is 42.8. The molecule has 144 valence electrons. The van der Waals surface area contributed by atoms with Crippen molar-refractivity contribution in [3.05, 3.63) is 70.3 Å². The van der Waals surface area contributed by atoms with Crippen LogP contribution in [0.5, 0.6) is 0 Å². The molecule has 0 atom stereocenters. The number of benzene rings is 2. The molecule has 3 rings (SSSR count). The third-order valence-electron chi connectivity index (χ3n) is 4.51. The van der Waals surface area contributed by atoms with Crippen molar-refractivity contribution in [3.63, 3.8) is 0 Å². The van der Waals surface area contributed by atoms with E-state index in [2.05, 4.69) is 10.3 Å². The predicted molar refractivity (Wildman–Crippen MR) is 108 cm³/mol. The predicted octanol–water partition coefficient (Wildman–Crippen LogP) is 2.11. The van der Waals surface area contributed by atoms with Gasteiger partial charge < -0.3 is 10.2 Å². The van der Waals surface area contributed by atoms with Crippen molar-refractivity contribution >= 4 is 28.4 Å². The highest BCUT2D eigenvalue weighted by Crippen LogP contribution is 2.16. The van der Waals surface area contributed by atoms with E-state index >= 15 is 0 Å². The van der Waals surface area contributed by atoms with Crippen molar-refractivity contribution in [1.82, 2.24) is 14.5 Å². The van der Waals surface area contributed by atoms with Crippen molar-refractivity contribution in [3.8, 4) is 0 Å². The molecule has 0 bridgehead atoms. The molecular weight excluding hydrogens is 356 g/mol. The number of anilines is 1. The Bertz CT molecular complexity index is 1100. The molecule has 0 spiro atoms. The van der Waals surface area contributed by atoms with E-state index in [1.54, 1.807) is 24.3 Å². The number of nitrogens with one attached hydrogen (secondary N) is 1. The summed E-state index contributed by atoms with van der Waals surface area (Å²) >= 11 is 0. The van der Waals surface area contributed by atoms with Crippen LogP contribution in [-0.4, -0.2) is 39.9 Å². The molecule has 0 aliphatic rings. The lowest BCUT2D eigenvalue weighted by atomic mass is 10.1. The molecule has 0 aliphatic heterocycles. The first-order valence-electron chi connectivity index (χ1n) is 8.90. The van der Waals surface area contributed by atoms with E-state index < -0.39 is 0 Å². The Balaban J connectivity index is 1.66. The van der Waals surface area contributed by atoms with Crippen LogP contribution in [0.3, 0.4) is 0 Å². The van der Waals surface area contributed by atoms with Crippen LogP contribution >= 0.6 is 0 Å². The number of carbonyl (C=O) groups excluding carboxylic acids is 2. The molecule has 0 saturated carbocycles. The van der Waals surface area contributed by atoms with Crippen LogP contribution in [0.1, 0.15) is 11.1 Å². The van der Waals surface area contributed by atoms with E-state index in [1.165, 1.54) is 22.8 Å². The third-order valence-corrected chi connectivity index (χ3v) is 4.51. The molecule has 1 heterocycles. The number of aryl methyl sites for hydroxylation is 2. The van der Waals surface area contributed by atoms with Crippen molar-refractivity contribution in [2.24, 2.45) is 0 Å². The first kappa shape index (κ1) is 19.3. The highest BCUT2D eigenvalue weighted by atomic mass is 16.2. The monoisotopic (exact) mass is 378 g/mol. The van der Waals surface area contributed by atoms with E-state index in [4.69, 9.17) is 0 Å². The van der Waals surface area contributed by atoms with Crippen LogP contribution in [0.25, 0.3) is 10.9 Å². The zero-order valence-electron chi connectivity index (χ0n) is 16.1. The molecule has 1 N–H and O–H groups in total. The van der Waals surface area contributed by atoms with Crippen molar-refractivity contribution in [2.45, 2.75) is 20.4 Å². The minimum absolute atomic E-state index is 0.109. The fourth-order valence-electron chi connectivity index (χ4n) is 2.85. The van der Waals surface area contributed by atoms with E-state index in [9.17, 15) is 14.4 Å². The van der Waals surface area contributed by atoms with Gasteiger partial charge in [0.1, 0.15) is 6.54 Å². The van der Waals surface area contributed by atoms with Crippen LogP contribution < -0.4 is 10.9 Å². The summed E-state index contributed by atoms with van der Waals surface area (Å²) in [5.41, 5.74) is 3.00. The lowest BCUT2D eigenvalue weighted by molar-refractivity contribution is -0.133. The Morgan fingerprint density at radius 1 is 1.14 bits per heavy atom. The highest BCUT2D eigenvalue weighted by molar-refractivity contribution is 5.95. The molecular formula is C21H22N4O3. The topological polar surface area (TPSA) is 84.3 Å². The fourth-order valence-corrected chi connectivity index (χ4v) is 2.85. The molecule has 1 aromatic heterocycles. The molecule has 0 unspecified atom stereocenters. The van der Waals surface area contributed by atoms with Gasteiger partial charge in [0.15, 0.2) is 0 Å². The first-order valence-corrected chi connectivity index (χ1v) is 8.90. The quantitative estimate of drug-likeness (QED) is 0.737. The smallest absolute Gasteiger partial charge is 0.261 e. The minimum Gasteiger partial charge on any atom is -0.335 e. The Kier molecular flexibility index (Phi) is 5.54. The second kappa shape index (κ2) is 8.04. The van der Waals surface area contributed by atoms with Gasteiger partial charge in [0.25, 0.3) is 5.56 Å². The molecule has 0 aliphatic carbocycles. The van der Waals surface area contributed by atoms with Gasteiger partial charge in [-0.1, -0.05) is 24.3 Å². The van der Waals surface area contributed by atoms with Crippen LogP contribution in [0.2, 0.25) is 0 Å². The molecule has 2 aromatic carbocycles. The van der Waals surface area contributed by atoms with E-state index in [-0.39, 0.29) is 30.5 Å². The molecule has 0 saturated heterocycles. The number of para-hydroxylation sites is 1. The van der Waals surface area contributed by atoms with Crippen molar-refractivity contribution in [1.29, 1.82) is 0 Å². The van der Waals surface area contributed by atoms with Gasteiger partial charge in [-0.05, 0) is 43.2 Å². The Morgan fingerprint density at radius 2 is 1.89 bits per heavy atom. The third kappa shape index (κ3) is 4.25. The summed E-state index contributed by atoms with van der Waals surface area (Å²) in [5, 5.41) is 3.27. The maximum Gasteiger partial charge on any atom is 0.261 e. The fraction of sp³-hybridized carbons (Fsp3) is 0.238. The normalized spacial score (nSPS) is 10.7. The average molecular weight is 378 g/mol. The van der Waals surface area contributed by atoms with Gasteiger partial charge in [-0.3, -0.25) is 19.0 Å². The zero-order valence-corrected chi connectivity index (χ0v) is 16.1. The maximum absolute atomic E-state index is 12.5. The van der Waals surface area contributed by atoms with Gasteiger partial charge in [0.2, 0.25) is 11.8 Å². The summed E-state index contributed by atoms with van der Waals surface area (Å²) in [6.45, 7) is 3.56. The van der Waals surface area contributed by atoms with Crippen LogP contribution in [0.15, 0.2) is 53.6 Å². The van der Waals surface area contributed by atoms with Crippen LogP contribution in [0, 0.1) is 13.8 Å². The molecule has 2 amide bonds. The van der Waals surface area contributed by atoms with Gasteiger partial charge >= 0.3 is 0 Å². The molecule has 0 radical (unpaired) electrons. The van der Waals surface area contributed by atoms with Crippen LogP contribution in [0.4, 0.5) is 5.69 Å². The summed E-state index contributed by atoms with van der Waals surface area (Å²) in [7, 11) is 1.53. The lowest BCUT2D eigenvalue weighted by Gasteiger charge is -2.18. The van der Waals surface area contributed by atoms with E-state index in [1.807, 2.05) is 32.0 Å². The summed E-state index contributed by atoms with van der Waals surface area (Å²) in [6, 6.07) is 12.7. The number of rotatable bonds is 5. The number of fused-ring (bicyclic) bond motifs is 1. The summed E-state index contributed by atoms with van der Waals surface area (Å²) in [6.07, 6.45) is 1.35. The standard InChI is InChI=1S/C21H22N4O3/c1-14-8-9-15(2)18(10-14)23-19(26)11-24(3)20(27)12-25-13-22-17-7-5-4-6-16(17)21(25)28/h4-10,13H,11-12H2,1-3H3,(H,23,26). The molecule has 7 heteroatoms. The van der Waals surface area contributed by atoms with Crippen LogP contribution in [-0.2, 0) is 16.1 Å².